The van der Waals surface area contributed by atoms with Crippen LogP contribution in [-0.4, -0.2) is 22.2 Å². The van der Waals surface area contributed by atoms with Crippen molar-refractivity contribution >= 4 is 11.9 Å². The molecule has 0 bridgehead atoms. The molecular formula is C12H20O4Zn. The topological polar surface area (TPSA) is 74.6 Å². The Labute approximate surface area is 115 Å². The largest absolute Gasteiger partial charge is 0.478 e. The van der Waals surface area contributed by atoms with Gasteiger partial charge in [-0.25, -0.2) is 9.59 Å². The van der Waals surface area contributed by atoms with Crippen LogP contribution in [0.25, 0.3) is 0 Å². The zero-order valence-corrected chi connectivity index (χ0v) is 13.5. The first-order valence-corrected chi connectivity index (χ1v) is 5.33. The summed E-state index contributed by atoms with van der Waals surface area (Å²) in [6.07, 6.45) is 9.36. The van der Waals surface area contributed by atoms with E-state index in [0.717, 1.165) is 25.7 Å². The van der Waals surface area contributed by atoms with Gasteiger partial charge in [0.1, 0.15) is 0 Å². The average molecular weight is 294 g/mol. The van der Waals surface area contributed by atoms with Gasteiger partial charge in [-0.05, 0) is 12.8 Å². The SMILES string of the molecule is CCCC=CC(=O)O.CCCC=CC(=O)O.[Zn]. The summed E-state index contributed by atoms with van der Waals surface area (Å²) in [5.74, 6) is -1.73. The van der Waals surface area contributed by atoms with Gasteiger partial charge in [0.2, 0.25) is 0 Å². The Balaban J connectivity index is -0.000000218. The molecule has 0 radical (unpaired) electrons. The van der Waals surface area contributed by atoms with Gasteiger partial charge in [0.25, 0.3) is 0 Å². The number of unbranched alkanes of at least 4 members (excludes halogenated alkanes) is 2. The number of rotatable bonds is 6. The van der Waals surface area contributed by atoms with Crippen LogP contribution in [0, 0.1) is 0 Å². The maximum Gasteiger partial charge on any atom is 0.327 e. The van der Waals surface area contributed by atoms with Gasteiger partial charge in [0, 0.05) is 31.6 Å². The van der Waals surface area contributed by atoms with Gasteiger partial charge in [-0.15, -0.1) is 0 Å². The van der Waals surface area contributed by atoms with Crippen LogP contribution in [0.4, 0.5) is 0 Å². The second kappa shape index (κ2) is 17.4. The Morgan fingerprint density at radius 1 is 0.882 bits per heavy atom. The van der Waals surface area contributed by atoms with Gasteiger partial charge in [-0.3, -0.25) is 0 Å². The van der Waals surface area contributed by atoms with Crippen molar-refractivity contribution in [2.24, 2.45) is 0 Å². The summed E-state index contributed by atoms with van der Waals surface area (Å²) in [7, 11) is 0. The fourth-order valence-electron chi connectivity index (χ4n) is 0.702. The molecule has 0 aromatic heterocycles. The normalized spacial score (nSPS) is 9.53. The molecule has 0 aliphatic heterocycles. The Bertz CT molecular complexity index is 221. The molecule has 0 saturated heterocycles. The van der Waals surface area contributed by atoms with Crippen LogP contribution < -0.4 is 0 Å². The van der Waals surface area contributed by atoms with E-state index in [1.807, 2.05) is 13.8 Å². The van der Waals surface area contributed by atoms with Crippen LogP contribution in [0.3, 0.4) is 0 Å². The number of carboxylic acids is 2. The second-order valence-electron chi connectivity index (χ2n) is 3.06. The first-order valence-electron chi connectivity index (χ1n) is 5.33. The second-order valence-corrected chi connectivity index (χ2v) is 3.06. The molecule has 5 heteroatoms. The van der Waals surface area contributed by atoms with E-state index in [2.05, 4.69) is 0 Å². The van der Waals surface area contributed by atoms with E-state index in [0.29, 0.717) is 0 Å². The van der Waals surface area contributed by atoms with Crippen LogP contribution in [0.15, 0.2) is 24.3 Å². The van der Waals surface area contributed by atoms with Crippen molar-refractivity contribution < 1.29 is 39.3 Å². The van der Waals surface area contributed by atoms with E-state index in [4.69, 9.17) is 10.2 Å². The van der Waals surface area contributed by atoms with E-state index >= 15 is 0 Å². The maximum absolute atomic E-state index is 9.79. The summed E-state index contributed by atoms with van der Waals surface area (Å²) in [6.45, 7) is 4.01. The number of carboxylic acid groups (broad SMARTS) is 2. The number of carbonyl (C=O) groups is 2. The van der Waals surface area contributed by atoms with Crippen LogP contribution in [-0.2, 0) is 29.1 Å². The van der Waals surface area contributed by atoms with E-state index < -0.39 is 11.9 Å². The van der Waals surface area contributed by atoms with Crippen LogP contribution in [0.5, 0.6) is 0 Å². The fourth-order valence-corrected chi connectivity index (χ4v) is 0.702. The smallest absolute Gasteiger partial charge is 0.327 e. The third kappa shape index (κ3) is 31.3. The summed E-state index contributed by atoms with van der Waals surface area (Å²) in [4.78, 5) is 19.6. The van der Waals surface area contributed by atoms with E-state index in [9.17, 15) is 9.59 Å². The molecule has 0 saturated carbocycles. The van der Waals surface area contributed by atoms with Crippen LogP contribution >= 0.6 is 0 Å². The molecule has 0 atom stereocenters. The fraction of sp³-hybridized carbons (Fsp3) is 0.500. The molecule has 4 nitrogen and oxygen atoms in total. The summed E-state index contributed by atoms with van der Waals surface area (Å²) in [6, 6.07) is 0. The molecule has 94 valence electrons. The van der Waals surface area contributed by atoms with Crippen molar-refractivity contribution in [3.8, 4) is 0 Å². The minimum absolute atomic E-state index is 0. The third-order valence-corrected chi connectivity index (χ3v) is 1.43. The molecule has 17 heavy (non-hydrogen) atoms. The van der Waals surface area contributed by atoms with Crippen molar-refractivity contribution in [1.82, 2.24) is 0 Å². The molecule has 0 aliphatic carbocycles. The number of aliphatic carboxylic acids is 2. The molecule has 0 rings (SSSR count). The molecule has 0 heterocycles. The molecule has 0 spiro atoms. The van der Waals surface area contributed by atoms with E-state index in [-0.39, 0.29) is 19.5 Å². The zero-order chi connectivity index (χ0) is 12.8. The predicted octanol–water partition coefficient (Wildman–Crippen LogP) is 2.85. The molecule has 0 unspecified atom stereocenters. The first-order chi connectivity index (χ1) is 7.54. The predicted molar refractivity (Wildman–Crippen MR) is 63.4 cm³/mol. The Hall–Kier alpha value is -0.957. The van der Waals surface area contributed by atoms with Gasteiger partial charge in [0.15, 0.2) is 0 Å². The van der Waals surface area contributed by atoms with Crippen molar-refractivity contribution in [3.63, 3.8) is 0 Å². The van der Waals surface area contributed by atoms with E-state index in [1.165, 1.54) is 12.2 Å². The number of allylic oxidation sites excluding steroid dienone is 2. The summed E-state index contributed by atoms with van der Waals surface area (Å²) in [5, 5.41) is 16.1. The molecule has 0 amide bonds. The molecule has 2 N–H and O–H groups in total. The van der Waals surface area contributed by atoms with Gasteiger partial charge in [-0.2, -0.15) is 0 Å². The minimum Gasteiger partial charge on any atom is -0.478 e. The molecule has 0 fully saturated rings. The molecule has 0 aromatic rings. The van der Waals surface area contributed by atoms with Gasteiger partial charge >= 0.3 is 11.9 Å². The van der Waals surface area contributed by atoms with Crippen molar-refractivity contribution in [3.05, 3.63) is 24.3 Å². The number of hydrogen-bond acceptors (Lipinski definition) is 2. The molecule has 0 aromatic carbocycles. The standard InChI is InChI=1S/2C6H10O2.Zn/c2*1-2-3-4-5-6(7)8;/h2*4-5H,2-3H2,1H3,(H,7,8);. The zero-order valence-electron chi connectivity index (χ0n) is 10.6. The van der Waals surface area contributed by atoms with Gasteiger partial charge in [-0.1, -0.05) is 38.8 Å². The molecule has 0 aliphatic rings. The number of hydrogen-bond donors (Lipinski definition) is 2. The maximum atomic E-state index is 9.79. The van der Waals surface area contributed by atoms with Gasteiger partial charge in [0.05, 0.1) is 0 Å². The third-order valence-electron chi connectivity index (χ3n) is 1.43. The Morgan fingerprint density at radius 2 is 1.18 bits per heavy atom. The minimum atomic E-state index is -0.863. The van der Waals surface area contributed by atoms with Crippen LogP contribution in [0.2, 0.25) is 0 Å². The Morgan fingerprint density at radius 3 is 1.35 bits per heavy atom. The monoisotopic (exact) mass is 292 g/mol. The summed E-state index contributed by atoms with van der Waals surface area (Å²) in [5.41, 5.74) is 0. The average Bonchev–Trinajstić information content (AvgIpc) is 2.18. The van der Waals surface area contributed by atoms with E-state index in [1.54, 1.807) is 12.2 Å². The van der Waals surface area contributed by atoms with Crippen LogP contribution in [0.1, 0.15) is 39.5 Å². The van der Waals surface area contributed by atoms with Crippen molar-refractivity contribution in [2.75, 3.05) is 0 Å². The quantitative estimate of drug-likeness (QED) is 0.583. The summed E-state index contributed by atoms with van der Waals surface area (Å²) < 4.78 is 0. The Kier molecular flexibility index (Phi) is 21.9. The van der Waals surface area contributed by atoms with Crippen molar-refractivity contribution in [2.45, 2.75) is 39.5 Å². The summed E-state index contributed by atoms with van der Waals surface area (Å²) >= 11 is 0. The van der Waals surface area contributed by atoms with Gasteiger partial charge < -0.3 is 10.2 Å². The molecular weight excluding hydrogens is 274 g/mol. The first kappa shape index (κ1) is 21.3. The van der Waals surface area contributed by atoms with Crippen molar-refractivity contribution in [1.29, 1.82) is 0 Å².